The Morgan fingerprint density at radius 1 is 0.921 bits per heavy atom. The lowest BCUT2D eigenvalue weighted by atomic mass is 9.39. The fourth-order valence-corrected chi connectivity index (χ4v) is 5.88. The Balaban J connectivity index is 1.40. The zero-order valence-corrected chi connectivity index (χ0v) is 22.7. The van der Waals surface area contributed by atoms with Crippen LogP contribution in [0.1, 0.15) is 45.6 Å². The van der Waals surface area contributed by atoms with Crippen LogP contribution in [0.15, 0.2) is 30.3 Å². The largest absolute Gasteiger partial charge is 0.467 e. The van der Waals surface area contributed by atoms with E-state index in [1.165, 1.54) is 12.0 Å². The molecule has 1 heterocycles. The van der Waals surface area contributed by atoms with Crippen LogP contribution in [-0.2, 0) is 35.1 Å². The molecule has 0 radical (unpaired) electrons. The number of hydrogen-bond donors (Lipinski definition) is 1. The van der Waals surface area contributed by atoms with Crippen LogP contribution in [0.2, 0.25) is 0 Å². The molecule has 2 bridgehead atoms. The molecule has 5 rings (SSSR count). The number of piperazine rings is 1. The first kappa shape index (κ1) is 27.7. The van der Waals surface area contributed by atoms with Crippen LogP contribution in [0, 0.1) is 5.41 Å². The van der Waals surface area contributed by atoms with Gasteiger partial charge in [0.15, 0.2) is 12.1 Å². The van der Waals surface area contributed by atoms with Crippen molar-refractivity contribution in [1.82, 2.24) is 15.1 Å². The van der Waals surface area contributed by atoms with Gasteiger partial charge in [0.05, 0.1) is 27.4 Å². The van der Waals surface area contributed by atoms with Gasteiger partial charge in [-0.05, 0) is 45.6 Å². The lowest BCUT2D eigenvalue weighted by Gasteiger charge is -2.70. The van der Waals surface area contributed by atoms with Crippen LogP contribution in [0.3, 0.4) is 0 Å². The second-order valence-corrected chi connectivity index (χ2v) is 11.5. The van der Waals surface area contributed by atoms with E-state index in [9.17, 15) is 19.2 Å². The molecule has 4 fully saturated rings. The van der Waals surface area contributed by atoms with Crippen LogP contribution >= 0.6 is 0 Å². The maximum Gasteiger partial charge on any atom is 0.411 e. The quantitative estimate of drug-likeness (QED) is 0.421. The van der Waals surface area contributed by atoms with Gasteiger partial charge >= 0.3 is 24.1 Å². The molecule has 0 unspecified atom stereocenters. The Bertz CT molecular complexity index is 1050. The van der Waals surface area contributed by atoms with Crippen molar-refractivity contribution in [2.45, 2.75) is 69.9 Å². The molecule has 2 atom stereocenters. The third kappa shape index (κ3) is 5.57. The number of methoxy groups -OCH3 is 2. The van der Waals surface area contributed by atoms with Crippen molar-refractivity contribution in [3.8, 4) is 0 Å². The molecule has 3 aliphatic carbocycles. The molecular formula is C27H37N3O8. The summed E-state index contributed by atoms with van der Waals surface area (Å²) in [6.07, 6.45) is 1.56. The van der Waals surface area contributed by atoms with E-state index in [0.29, 0.717) is 13.2 Å². The number of rotatable bonds is 7. The zero-order valence-electron chi connectivity index (χ0n) is 22.7. The number of amides is 3. The van der Waals surface area contributed by atoms with Crippen LogP contribution in [0.25, 0.3) is 0 Å². The van der Waals surface area contributed by atoms with Gasteiger partial charge in [-0.2, -0.15) is 0 Å². The number of benzene rings is 1. The van der Waals surface area contributed by atoms with E-state index in [2.05, 4.69) is 5.32 Å². The molecule has 4 aliphatic rings. The third-order valence-electron chi connectivity index (χ3n) is 7.36. The average molecular weight is 532 g/mol. The molecular weight excluding hydrogens is 494 g/mol. The van der Waals surface area contributed by atoms with Crippen LogP contribution in [0.5, 0.6) is 0 Å². The minimum atomic E-state index is -1.41. The van der Waals surface area contributed by atoms with Crippen molar-refractivity contribution >= 4 is 24.1 Å². The molecule has 1 aromatic carbocycles. The second kappa shape index (κ2) is 10.4. The van der Waals surface area contributed by atoms with Gasteiger partial charge in [-0.1, -0.05) is 30.3 Å². The standard InChI is InChI=1S/C27H37N3O8/c1-25(2,3)38-24(34)30-12-11-29(19(21(31)35-4)20(30)22(32)36-5)23(33)28-27-14-26(15-27,16-27)17-37-13-18-9-7-6-8-10-18/h6-10,19-20H,11-17H2,1-5H3,(H,28,33)/t19-,20-,26?,27?/m0/s1. The Hall–Kier alpha value is -3.34. The van der Waals surface area contributed by atoms with Crippen molar-refractivity contribution in [2.24, 2.45) is 5.41 Å². The highest BCUT2D eigenvalue weighted by Crippen LogP contribution is 2.67. The number of nitrogens with zero attached hydrogens (tertiary/aromatic N) is 2. The second-order valence-electron chi connectivity index (χ2n) is 11.5. The van der Waals surface area contributed by atoms with Crippen molar-refractivity contribution < 1.29 is 38.1 Å². The number of carbonyl (C=O) groups excluding carboxylic acids is 4. The molecule has 1 aromatic rings. The zero-order chi connectivity index (χ0) is 27.7. The lowest BCUT2D eigenvalue weighted by Crippen LogP contribution is -2.78. The highest BCUT2D eigenvalue weighted by atomic mass is 16.6. The molecule has 3 amide bonds. The summed E-state index contributed by atoms with van der Waals surface area (Å²) in [5.41, 5.74) is -0.0236. The molecule has 3 saturated carbocycles. The van der Waals surface area contributed by atoms with Gasteiger partial charge in [0.2, 0.25) is 0 Å². The summed E-state index contributed by atoms with van der Waals surface area (Å²) >= 11 is 0. The smallest absolute Gasteiger partial charge is 0.411 e. The summed E-state index contributed by atoms with van der Waals surface area (Å²) in [6, 6.07) is 6.67. The highest BCUT2D eigenvalue weighted by molar-refractivity contribution is 5.93. The minimum absolute atomic E-state index is 0.0136. The van der Waals surface area contributed by atoms with E-state index >= 15 is 0 Å². The molecule has 38 heavy (non-hydrogen) atoms. The average Bonchev–Trinajstić information content (AvgIpc) is 2.83. The monoisotopic (exact) mass is 531 g/mol. The van der Waals surface area contributed by atoms with Gasteiger partial charge in [0.1, 0.15) is 5.60 Å². The number of esters is 2. The molecule has 0 spiro atoms. The van der Waals surface area contributed by atoms with Crippen LogP contribution < -0.4 is 5.32 Å². The molecule has 11 heteroatoms. The number of ether oxygens (including phenoxy) is 4. The van der Waals surface area contributed by atoms with Crippen LogP contribution in [0.4, 0.5) is 9.59 Å². The van der Waals surface area contributed by atoms with Crippen LogP contribution in [-0.4, -0.2) is 91.0 Å². The molecule has 1 aliphatic heterocycles. The predicted molar refractivity (Wildman–Crippen MR) is 135 cm³/mol. The molecule has 11 nitrogen and oxygen atoms in total. The summed E-state index contributed by atoms with van der Waals surface area (Å²) in [6.45, 7) is 6.25. The number of nitrogens with one attached hydrogen (secondary N) is 1. The predicted octanol–water partition coefficient (Wildman–Crippen LogP) is 2.47. The van der Waals surface area contributed by atoms with Gasteiger partial charge in [-0.25, -0.2) is 19.2 Å². The Kier molecular flexibility index (Phi) is 7.60. The van der Waals surface area contributed by atoms with E-state index in [1.807, 2.05) is 30.3 Å². The van der Waals surface area contributed by atoms with Crippen molar-refractivity contribution in [3.05, 3.63) is 35.9 Å². The van der Waals surface area contributed by atoms with E-state index < -0.39 is 41.7 Å². The summed E-state index contributed by atoms with van der Waals surface area (Å²) in [4.78, 5) is 54.4. The van der Waals surface area contributed by atoms with Gasteiger partial charge < -0.3 is 29.2 Å². The fraction of sp³-hybridized carbons (Fsp3) is 0.630. The molecule has 0 aromatic heterocycles. The van der Waals surface area contributed by atoms with E-state index in [-0.39, 0.29) is 24.0 Å². The molecule has 1 saturated heterocycles. The summed E-state index contributed by atoms with van der Waals surface area (Å²) in [7, 11) is 2.32. The topological polar surface area (TPSA) is 124 Å². The van der Waals surface area contributed by atoms with E-state index in [4.69, 9.17) is 18.9 Å². The van der Waals surface area contributed by atoms with Crippen molar-refractivity contribution in [3.63, 3.8) is 0 Å². The molecule has 1 N–H and O–H groups in total. The summed E-state index contributed by atoms with van der Waals surface area (Å²) in [5, 5.41) is 3.07. The fourth-order valence-electron chi connectivity index (χ4n) is 5.88. The first-order chi connectivity index (χ1) is 17.9. The van der Waals surface area contributed by atoms with Gasteiger partial charge in [0.25, 0.3) is 0 Å². The SMILES string of the molecule is COC(=O)[C@@H]1[C@@H](C(=O)OC)N(C(=O)OC(C)(C)C)CCN1C(=O)NC12CC(COCc3ccccc3)(C1)C2. The normalized spacial score (nSPS) is 27.9. The Labute approximate surface area is 222 Å². The highest BCUT2D eigenvalue weighted by Gasteiger charge is 2.69. The van der Waals surface area contributed by atoms with E-state index in [1.54, 1.807) is 20.8 Å². The maximum absolute atomic E-state index is 13.4. The molecule has 208 valence electrons. The first-order valence-corrected chi connectivity index (χ1v) is 12.8. The van der Waals surface area contributed by atoms with Gasteiger partial charge in [-0.3, -0.25) is 4.90 Å². The van der Waals surface area contributed by atoms with E-state index in [0.717, 1.165) is 36.8 Å². The summed E-state index contributed by atoms with van der Waals surface area (Å²) in [5.74, 6) is -1.67. The van der Waals surface area contributed by atoms with Crippen molar-refractivity contribution in [1.29, 1.82) is 0 Å². The maximum atomic E-state index is 13.4. The Morgan fingerprint density at radius 3 is 2.03 bits per heavy atom. The number of carbonyl (C=O) groups is 4. The van der Waals surface area contributed by atoms with Gasteiger partial charge in [-0.15, -0.1) is 0 Å². The third-order valence-corrected chi connectivity index (χ3v) is 7.36. The summed E-state index contributed by atoms with van der Waals surface area (Å²) < 4.78 is 21.2. The number of hydrogen-bond acceptors (Lipinski definition) is 8. The first-order valence-electron chi connectivity index (χ1n) is 12.8. The number of urea groups is 1. The van der Waals surface area contributed by atoms with Gasteiger partial charge in [0, 0.05) is 24.0 Å². The van der Waals surface area contributed by atoms with Crippen molar-refractivity contribution in [2.75, 3.05) is 33.9 Å². The lowest BCUT2D eigenvalue weighted by molar-refractivity contribution is -0.187. The minimum Gasteiger partial charge on any atom is -0.467 e. The Morgan fingerprint density at radius 2 is 1.47 bits per heavy atom.